The van der Waals surface area contributed by atoms with Gasteiger partial charge in [-0.15, -0.1) is 0 Å². The molecule has 0 radical (unpaired) electrons. The van der Waals surface area contributed by atoms with Gasteiger partial charge in [0.05, 0.1) is 4.48 Å². The van der Waals surface area contributed by atoms with E-state index in [0.717, 1.165) is 5.56 Å². The summed E-state index contributed by atoms with van der Waals surface area (Å²) in [5.41, 5.74) is -4.27. The Labute approximate surface area is 106 Å². The van der Waals surface area contributed by atoms with Crippen molar-refractivity contribution in [2.24, 2.45) is 0 Å². The molecular formula is C9H10F5NO3S. The zero-order valence-electron chi connectivity index (χ0n) is 9.83. The van der Waals surface area contributed by atoms with Gasteiger partial charge >= 0.3 is 5.51 Å². The Balaban J connectivity index is 0.000000362. The molecule has 0 atom stereocenters. The minimum absolute atomic E-state index is 0.0718. The van der Waals surface area contributed by atoms with Gasteiger partial charge in [0.2, 0.25) is 5.69 Å². The third-order valence-electron chi connectivity index (χ3n) is 1.81. The molecule has 0 fully saturated rings. The van der Waals surface area contributed by atoms with Crippen LogP contribution in [-0.2, 0) is 16.8 Å². The summed E-state index contributed by atoms with van der Waals surface area (Å²) in [6.07, 6.45) is 0. The molecule has 4 nitrogen and oxygen atoms in total. The van der Waals surface area contributed by atoms with Crippen LogP contribution < -0.4 is 4.79 Å². The highest BCUT2D eigenvalue weighted by Gasteiger charge is 2.36. The zero-order valence-corrected chi connectivity index (χ0v) is 10.6. The number of rotatable bonds is 1. The maximum atomic E-state index is 12.9. The maximum Gasteiger partial charge on any atom is 0.485 e. The van der Waals surface area contributed by atoms with Crippen molar-refractivity contribution in [3.8, 4) is 0 Å². The first-order valence-corrected chi connectivity index (χ1v) is 6.07. The van der Waals surface area contributed by atoms with Gasteiger partial charge in [-0.25, -0.2) is 12.8 Å². The zero-order chi connectivity index (χ0) is 15.4. The summed E-state index contributed by atoms with van der Waals surface area (Å²) in [6, 6.07) is 3.16. The van der Waals surface area contributed by atoms with Crippen LogP contribution in [0.15, 0.2) is 12.1 Å². The molecule has 0 saturated heterocycles. The normalized spacial score (nSPS) is 11.8. The van der Waals surface area contributed by atoms with Gasteiger partial charge in [-0.2, -0.15) is 13.2 Å². The van der Waals surface area contributed by atoms with Crippen molar-refractivity contribution in [3.63, 3.8) is 0 Å². The maximum absolute atomic E-state index is 12.9. The van der Waals surface area contributed by atoms with Crippen molar-refractivity contribution >= 4 is 10.1 Å². The smallest absolute Gasteiger partial charge is 0.485 e. The summed E-state index contributed by atoms with van der Waals surface area (Å²) in [7, 11) is -6.09. The topological polar surface area (TPSA) is 61.1 Å². The van der Waals surface area contributed by atoms with Crippen LogP contribution in [0.2, 0.25) is 0 Å². The minimum atomic E-state index is -6.09. The number of halogens is 5. The van der Waals surface area contributed by atoms with Gasteiger partial charge in [0.1, 0.15) is 0 Å². The average molecular weight is 307 g/mol. The lowest BCUT2D eigenvalue weighted by molar-refractivity contribution is -0.854. The lowest BCUT2D eigenvalue weighted by Gasteiger charge is -2.08. The van der Waals surface area contributed by atoms with Crippen molar-refractivity contribution in [3.05, 3.63) is 29.1 Å². The molecule has 19 heavy (non-hydrogen) atoms. The van der Waals surface area contributed by atoms with Gasteiger partial charge in [0.25, 0.3) is 5.69 Å². The van der Waals surface area contributed by atoms with Crippen LogP contribution in [0.4, 0.5) is 22.0 Å². The fourth-order valence-electron chi connectivity index (χ4n) is 1.06. The first-order valence-electron chi connectivity index (χ1n) is 4.66. The van der Waals surface area contributed by atoms with Gasteiger partial charge in [-0.3, -0.25) is 0 Å². The Morgan fingerprint density at radius 1 is 1.26 bits per heavy atom. The molecule has 0 N–H and O–H groups in total. The van der Waals surface area contributed by atoms with E-state index in [1.54, 1.807) is 13.0 Å². The Bertz CT molecular complexity index is 542. The molecule has 10 heteroatoms. The molecule has 1 rings (SSSR count). The lowest BCUT2D eigenvalue weighted by atomic mass is 10.2. The predicted octanol–water partition coefficient (Wildman–Crippen LogP) is 1.84. The third-order valence-corrected chi connectivity index (χ3v) is 2.38. The third kappa shape index (κ3) is 5.47. The Hall–Kier alpha value is -1.29. The number of aryl methyl sites for hydroxylation is 2. The van der Waals surface area contributed by atoms with Gasteiger partial charge in [-0.1, -0.05) is 0 Å². The van der Waals surface area contributed by atoms with E-state index in [2.05, 4.69) is 0 Å². The molecule has 0 saturated carbocycles. The molecule has 1 aromatic rings. The van der Waals surface area contributed by atoms with Crippen LogP contribution in [0, 0.1) is 13.8 Å². The summed E-state index contributed by atoms with van der Waals surface area (Å²) in [5, 5.41) is 0. The molecule has 0 unspecified atom stereocenters. The van der Waals surface area contributed by atoms with Gasteiger partial charge < -0.3 is 4.55 Å². The highest BCUT2D eigenvalue weighted by atomic mass is 32.2. The van der Waals surface area contributed by atoms with Crippen molar-refractivity contribution < 1.29 is 39.8 Å². The van der Waals surface area contributed by atoms with E-state index in [4.69, 9.17) is 13.0 Å². The molecule has 1 heterocycles. The molecule has 0 aliphatic heterocycles. The molecule has 0 spiro atoms. The Morgan fingerprint density at radius 3 is 2.00 bits per heavy atom. The highest BCUT2D eigenvalue weighted by Crippen LogP contribution is 2.20. The van der Waals surface area contributed by atoms with Crippen LogP contribution in [-0.4, -0.2) is 18.5 Å². The first-order chi connectivity index (χ1) is 8.40. The quantitative estimate of drug-likeness (QED) is 0.452. The van der Waals surface area contributed by atoms with E-state index >= 15 is 0 Å². The Kier molecular flexibility index (Phi) is 5.82. The second-order valence-electron chi connectivity index (χ2n) is 3.48. The van der Waals surface area contributed by atoms with Crippen LogP contribution in [0.5, 0.6) is 0 Å². The van der Waals surface area contributed by atoms with Crippen molar-refractivity contribution in [1.82, 2.24) is 0 Å². The summed E-state index contributed by atoms with van der Waals surface area (Å²) < 4.78 is 83.8. The average Bonchev–Trinajstić information content (AvgIpc) is 2.21. The number of alkyl halides is 4. The van der Waals surface area contributed by atoms with Gasteiger partial charge in [0, 0.05) is 23.8 Å². The standard InChI is InChI=1S/C8H10F2N.CHF3O3S/c1-6-3-7(2)11(10)8(4-6)5-9;2-1(3,4)8(5,6)7/h3-4H,5H2,1-2H3;(H,5,6,7)/q+1;/p-1. The molecule has 0 aromatic carbocycles. The molecule has 0 bridgehead atoms. The van der Waals surface area contributed by atoms with Crippen LogP contribution in [0.25, 0.3) is 0 Å². The number of hydrogen-bond donors (Lipinski definition) is 0. The molecule has 0 aliphatic carbocycles. The van der Waals surface area contributed by atoms with E-state index < -0.39 is 22.3 Å². The molecule has 0 aliphatic rings. The summed E-state index contributed by atoms with van der Waals surface area (Å²) in [4.78, 5) is 0.368. The second-order valence-corrected chi connectivity index (χ2v) is 4.85. The van der Waals surface area contributed by atoms with Gasteiger partial charge in [0.15, 0.2) is 16.8 Å². The molecule has 110 valence electrons. The highest BCUT2D eigenvalue weighted by molar-refractivity contribution is 7.86. The summed E-state index contributed by atoms with van der Waals surface area (Å²) in [6.45, 7) is 2.65. The van der Waals surface area contributed by atoms with E-state index in [1.165, 1.54) is 6.07 Å². The van der Waals surface area contributed by atoms with E-state index in [0.29, 0.717) is 10.5 Å². The number of nitrogens with zero attached hydrogens (tertiary/aromatic N) is 1. The predicted molar refractivity (Wildman–Crippen MR) is 53.2 cm³/mol. The lowest BCUT2D eigenvalue weighted by Crippen LogP contribution is -2.31. The van der Waals surface area contributed by atoms with Gasteiger partial charge in [-0.05, 0) is 12.5 Å². The van der Waals surface area contributed by atoms with E-state index in [1.807, 2.05) is 6.92 Å². The number of pyridine rings is 1. The fraction of sp³-hybridized carbons (Fsp3) is 0.444. The second kappa shape index (κ2) is 6.24. The molecule has 1 aromatic heterocycles. The van der Waals surface area contributed by atoms with Crippen LogP contribution >= 0.6 is 0 Å². The largest absolute Gasteiger partial charge is 0.741 e. The molecular weight excluding hydrogens is 297 g/mol. The van der Waals surface area contributed by atoms with E-state index in [9.17, 15) is 22.0 Å². The van der Waals surface area contributed by atoms with Crippen molar-refractivity contribution in [1.29, 1.82) is 0 Å². The fourth-order valence-corrected chi connectivity index (χ4v) is 1.06. The van der Waals surface area contributed by atoms with E-state index in [-0.39, 0.29) is 5.69 Å². The monoisotopic (exact) mass is 307 g/mol. The van der Waals surface area contributed by atoms with Crippen LogP contribution in [0.1, 0.15) is 17.0 Å². The summed E-state index contributed by atoms with van der Waals surface area (Å²) in [5.74, 6) is 0. The number of hydrogen-bond acceptors (Lipinski definition) is 3. The Morgan fingerprint density at radius 2 is 1.68 bits per heavy atom. The van der Waals surface area contributed by atoms with Crippen molar-refractivity contribution in [2.75, 3.05) is 0 Å². The molecule has 0 amide bonds. The van der Waals surface area contributed by atoms with Crippen LogP contribution in [0.3, 0.4) is 0 Å². The number of aromatic nitrogens is 1. The van der Waals surface area contributed by atoms with Crippen molar-refractivity contribution in [2.45, 2.75) is 26.0 Å². The minimum Gasteiger partial charge on any atom is -0.741 e. The SMILES string of the molecule is Cc1cc(C)[n+](F)c(CF)c1.O=S(=O)([O-])C(F)(F)F. The summed E-state index contributed by atoms with van der Waals surface area (Å²) >= 11 is 0. The first kappa shape index (κ1) is 17.7.